The molecule has 1 atom stereocenters. The lowest BCUT2D eigenvalue weighted by atomic mass is 10.1. The Bertz CT molecular complexity index is 916. The summed E-state index contributed by atoms with van der Waals surface area (Å²) in [6.45, 7) is 1.67. The molecule has 0 fully saturated rings. The molecule has 0 bridgehead atoms. The predicted molar refractivity (Wildman–Crippen MR) is 107 cm³/mol. The standard InChI is InChI=1S/C23H23NO3/c1-17(14-15-18-8-3-2-4-9-18)24-22(25)16-27-23(26)21-13-7-11-19-10-5-6-12-20(19)21/h2-13,17H,14-16H2,1H3,(H,24,25)/t17-/m0/s1. The van der Waals surface area contributed by atoms with E-state index in [0.29, 0.717) is 5.56 Å². The molecule has 27 heavy (non-hydrogen) atoms. The van der Waals surface area contributed by atoms with Crippen LogP contribution in [0.1, 0.15) is 29.3 Å². The number of nitrogens with one attached hydrogen (secondary N) is 1. The van der Waals surface area contributed by atoms with Crippen molar-refractivity contribution in [2.24, 2.45) is 0 Å². The third kappa shape index (κ3) is 5.17. The molecule has 0 spiro atoms. The molecule has 3 rings (SSSR count). The molecule has 1 N–H and O–H groups in total. The minimum Gasteiger partial charge on any atom is -0.452 e. The summed E-state index contributed by atoms with van der Waals surface area (Å²) in [4.78, 5) is 24.4. The summed E-state index contributed by atoms with van der Waals surface area (Å²) in [5.74, 6) is -0.775. The molecule has 4 heteroatoms. The van der Waals surface area contributed by atoms with Crippen molar-refractivity contribution < 1.29 is 14.3 Å². The maximum Gasteiger partial charge on any atom is 0.339 e. The van der Waals surface area contributed by atoms with E-state index in [1.54, 1.807) is 6.07 Å². The Kier molecular flexibility index (Phi) is 6.21. The van der Waals surface area contributed by atoms with Gasteiger partial charge in [0.05, 0.1) is 5.56 Å². The Morgan fingerprint density at radius 1 is 0.926 bits per heavy atom. The summed E-state index contributed by atoms with van der Waals surface area (Å²) in [6, 6.07) is 23.2. The lowest BCUT2D eigenvalue weighted by Crippen LogP contribution is -2.36. The van der Waals surface area contributed by atoms with Crippen LogP contribution >= 0.6 is 0 Å². The minimum atomic E-state index is -0.487. The van der Waals surface area contributed by atoms with Crippen molar-refractivity contribution in [1.82, 2.24) is 5.32 Å². The van der Waals surface area contributed by atoms with Crippen molar-refractivity contribution in [3.05, 3.63) is 83.9 Å². The molecule has 3 aromatic rings. The number of amides is 1. The smallest absolute Gasteiger partial charge is 0.339 e. The molecular formula is C23H23NO3. The molecule has 0 saturated carbocycles. The van der Waals surface area contributed by atoms with Crippen molar-refractivity contribution in [2.75, 3.05) is 6.61 Å². The van der Waals surface area contributed by atoms with E-state index in [1.807, 2.05) is 61.5 Å². The average molecular weight is 361 g/mol. The molecule has 0 unspecified atom stereocenters. The van der Waals surface area contributed by atoms with Gasteiger partial charge in [-0.15, -0.1) is 0 Å². The number of ether oxygens (including phenoxy) is 1. The monoisotopic (exact) mass is 361 g/mol. The van der Waals surface area contributed by atoms with Gasteiger partial charge in [-0.1, -0.05) is 66.7 Å². The largest absolute Gasteiger partial charge is 0.452 e. The summed E-state index contributed by atoms with van der Waals surface area (Å²) >= 11 is 0. The molecule has 1 amide bonds. The van der Waals surface area contributed by atoms with Gasteiger partial charge >= 0.3 is 5.97 Å². The van der Waals surface area contributed by atoms with Gasteiger partial charge in [0.25, 0.3) is 5.91 Å². The molecule has 4 nitrogen and oxygen atoms in total. The van der Waals surface area contributed by atoms with Crippen LogP contribution in [0.25, 0.3) is 10.8 Å². The van der Waals surface area contributed by atoms with Crippen LogP contribution in [0, 0.1) is 0 Å². The maximum absolute atomic E-state index is 12.4. The second-order valence-corrected chi connectivity index (χ2v) is 6.60. The van der Waals surface area contributed by atoms with Gasteiger partial charge < -0.3 is 10.1 Å². The zero-order valence-corrected chi connectivity index (χ0v) is 15.4. The van der Waals surface area contributed by atoms with Gasteiger partial charge in [0.1, 0.15) is 0 Å². The van der Waals surface area contributed by atoms with Crippen LogP contribution in [0.3, 0.4) is 0 Å². The summed E-state index contributed by atoms with van der Waals surface area (Å²) in [5.41, 5.74) is 1.71. The molecule has 0 aliphatic rings. The predicted octanol–water partition coefficient (Wildman–Crippen LogP) is 4.13. The fraction of sp³-hybridized carbons (Fsp3) is 0.217. The normalized spacial score (nSPS) is 11.7. The summed E-state index contributed by atoms with van der Waals surface area (Å²) in [6.07, 6.45) is 1.71. The van der Waals surface area contributed by atoms with E-state index in [2.05, 4.69) is 17.4 Å². The van der Waals surface area contributed by atoms with E-state index >= 15 is 0 Å². The van der Waals surface area contributed by atoms with Crippen LogP contribution in [-0.2, 0) is 16.0 Å². The first-order chi connectivity index (χ1) is 13.1. The molecule has 3 aromatic carbocycles. The van der Waals surface area contributed by atoms with Gasteiger partial charge in [0.15, 0.2) is 6.61 Å². The van der Waals surface area contributed by atoms with Gasteiger partial charge in [-0.05, 0) is 42.2 Å². The number of carbonyl (C=O) groups is 2. The number of hydrogen-bond acceptors (Lipinski definition) is 3. The Balaban J connectivity index is 1.49. The minimum absolute atomic E-state index is 0.00830. The topological polar surface area (TPSA) is 55.4 Å². The van der Waals surface area contributed by atoms with Gasteiger partial charge in [-0.2, -0.15) is 0 Å². The van der Waals surface area contributed by atoms with Crippen LogP contribution in [0.15, 0.2) is 72.8 Å². The second kappa shape index (κ2) is 8.99. The molecule has 0 heterocycles. The van der Waals surface area contributed by atoms with Crippen LogP contribution in [-0.4, -0.2) is 24.5 Å². The Morgan fingerprint density at radius 3 is 2.44 bits per heavy atom. The van der Waals surface area contributed by atoms with Crippen molar-refractivity contribution in [2.45, 2.75) is 25.8 Å². The number of rotatable bonds is 7. The van der Waals surface area contributed by atoms with Gasteiger partial charge in [0.2, 0.25) is 0 Å². The Hall–Kier alpha value is -3.14. The van der Waals surface area contributed by atoms with E-state index < -0.39 is 5.97 Å². The quantitative estimate of drug-likeness (QED) is 0.644. The van der Waals surface area contributed by atoms with Gasteiger partial charge in [-0.25, -0.2) is 4.79 Å². The number of fused-ring (bicyclic) bond motifs is 1. The summed E-state index contributed by atoms with van der Waals surface area (Å²) in [5, 5.41) is 4.66. The van der Waals surface area contributed by atoms with Gasteiger partial charge in [0, 0.05) is 6.04 Å². The fourth-order valence-corrected chi connectivity index (χ4v) is 3.03. The number of esters is 1. The third-order valence-electron chi connectivity index (χ3n) is 4.46. The number of benzene rings is 3. The van der Waals surface area contributed by atoms with E-state index in [9.17, 15) is 9.59 Å². The van der Waals surface area contributed by atoms with E-state index in [4.69, 9.17) is 4.74 Å². The first-order valence-corrected chi connectivity index (χ1v) is 9.11. The van der Waals surface area contributed by atoms with E-state index in [0.717, 1.165) is 23.6 Å². The summed E-state index contributed by atoms with van der Waals surface area (Å²) < 4.78 is 5.21. The second-order valence-electron chi connectivity index (χ2n) is 6.60. The van der Waals surface area contributed by atoms with Crippen LogP contribution < -0.4 is 5.32 Å². The van der Waals surface area contributed by atoms with Crippen molar-refractivity contribution in [3.63, 3.8) is 0 Å². The molecule has 0 radical (unpaired) electrons. The highest BCUT2D eigenvalue weighted by molar-refractivity contribution is 6.04. The zero-order chi connectivity index (χ0) is 19.1. The highest BCUT2D eigenvalue weighted by Crippen LogP contribution is 2.19. The lowest BCUT2D eigenvalue weighted by Gasteiger charge is -2.14. The average Bonchev–Trinajstić information content (AvgIpc) is 2.71. The number of carbonyl (C=O) groups excluding carboxylic acids is 2. The number of hydrogen-bond donors (Lipinski definition) is 1. The molecule has 0 saturated heterocycles. The van der Waals surface area contributed by atoms with E-state index in [1.165, 1.54) is 5.56 Å². The third-order valence-corrected chi connectivity index (χ3v) is 4.46. The Morgan fingerprint density at radius 2 is 1.63 bits per heavy atom. The van der Waals surface area contributed by atoms with Crippen molar-refractivity contribution in [3.8, 4) is 0 Å². The molecule has 0 aliphatic heterocycles. The summed E-state index contributed by atoms with van der Waals surface area (Å²) in [7, 11) is 0. The number of aryl methyl sites for hydroxylation is 1. The van der Waals surface area contributed by atoms with Crippen molar-refractivity contribution >= 4 is 22.6 Å². The molecule has 138 valence electrons. The molecule has 0 aliphatic carbocycles. The molecule has 0 aromatic heterocycles. The molecular weight excluding hydrogens is 338 g/mol. The lowest BCUT2D eigenvalue weighted by molar-refractivity contribution is -0.124. The highest BCUT2D eigenvalue weighted by atomic mass is 16.5. The SMILES string of the molecule is C[C@@H](CCc1ccccc1)NC(=O)COC(=O)c1cccc2ccccc12. The highest BCUT2D eigenvalue weighted by Gasteiger charge is 2.14. The van der Waals surface area contributed by atoms with E-state index in [-0.39, 0.29) is 18.6 Å². The maximum atomic E-state index is 12.4. The van der Waals surface area contributed by atoms with Crippen LogP contribution in [0.4, 0.5) is 0 Å². The first kappa shape index (κ1) is 18.6. The van der Waals surface area contributed by atoms with Gasteiger partial charge in [-0.3, -0.25) is 4.79 Å². The van der Waals surface area contributed by atoms with Crippen LogP contribution in [0.5, 0.6) is 0 Å². The zero-order valence-electron chi connectivity index (χ0n) is 15.4. The fourth-order valence-electron chi connectivity index (χ4n) is 3.03. The van der Waals surface area contributed by atoms with Crippen LogP contribution in [0.2, 0.25) is 0 Å². The Labute approximate surface area is 159 Å². The van der Waals surface area contributed by atoms with Crippen molar-refractivity contribution in [1.29, 1.82) is 0 Å². The first-order valence-electron chi connectivity index (χ1n) is 9.11.